The summed E-state index contributed by atoms with van der Waals surface area (Å²) in [5.41, 5.74) is 7.44. The van der Waals surface area contributed by atoms with Gasteiger partial charge in [0.15, 0.2) is 5.82 Å². The van der Waals surface area contributed by atoms with E-state index in [4.69, 9.17) is 28.9 Å². The van der Waals surface area contributed by atoms with Gasteiger partial charge < -0.3 is 11.1 Å². The van der Waals surface area contributed by atoms with Crippen molar-refractivity contribution in [3.8, 4) is 0 Å². The van der Waals surface area contributed by atoms with Crippen LogP contribution in [0.15, 0.2) is 36.4 Å². The van der Waals surface area contributed by atoms with Crippen LogP contribution in [-0.2, 0) is 0 Å². The van der Waals surface area contributed by atoms with Gasteiger partial charge in [-0.3, -0.25) is 9.89 Å². The predicted octanol–water partition coefficient (Wildman–Crippen LogP) is 3.70. The van der Waals surface area contributed by atoms with Crippen molar-refractivity contribution in [2.75, 3.05) is 11.1 Å². The molecule has 0 aliphatic heterocycles. The van der Waals surface area contributed by atoms with Crippen molar-refractivity contribution >= 4 is 51.5 Å². The first-order valence-corrected chi connectivity index (χ1v) is 6.81. The molecule has 3 aromatic rings. The quantitative estimate of drug-likeness (QED) is 0.673. The third-order valence-electron chi connectivity index (χ3n) is 3.05. The molecule has 5 nitrogen and oxygen atoms in total. The smallest absolute Gasteiger partial charge is 0.257 e. The molecule has 3 rings (SSSR count). The predicted molar refractivity (Wildman–Crippen MR) is 84.9 cm³/mol. The van der Waals surface area contributed by atoms with E-state index in [9.17, 15) is 4.79 Å². The van der Waals surface area contributed by atoms with Crippen molar-refractivity contribution in [3.63, 3.8) is 0 Å². The zero-order valence-corrected chi connectivity index (χ0v) is 12.2. The zero-order valence-electron chi connectivity index (χ0n) is 10.7. The van der Waals surface area contributed by atoms with Crippen molar-refractivity contribution < 1.29 is 4.79 Å². The summed E-state index contributed by atoms with van der Waals surface area (Å²) < 4.78 is 0. The van der Waals surface area contributed by atoms with Crippen molar-refractivity contribution in [1.82, 2.24) is 10.2 Å². The Morgan fingerprint density at radius 1 is 1.24 bits per heavy atom. The van der Waals surface area contributed by atoms with Crippen molar-refractivity contribution in [2.24, 2.45) is 0 Å². The first kappa shape index (κ1) is 13.7. The number of nitrogen functional groups attached to an aromatic ring is 1. The number of rotatable bonds is 2. The van der Waals surface area contributed by atoms with Crippen LogP contribution in [0.25, 0.3) is 10.9 Å². The highest BCUT2D eigenvalue weighted by molar-refractivity contribution is 6.44. The minimum atomic E-state index is -0.344. The molecule has 21 heavy (non-hydrogen) atoms. The molecule has 7 heteroatoms. The van der Waals surface area contributed by atoms with Gasteiger partial charge in [0.05, 0.1) is 21.1 Å². The molecule has 2 aromatic carbocycles. The van der Waals surface area contributed by atoms with E-state index < -0.39 is 0 Å². The number of hydrogen-bond donors (Lipinski definition) is 3. The van der Waals surface area contributed by atoms with E-state index >= 15 is 0 Å². The van der Waals surface area contributed by atoms with Gasteiger partial charge >= 0.3 is 0 Å². The number of nitrogens with one attached hydrogen (secondary N) is 2. The lowest BCUT2D eigenvalue weighted by Crippen LogP contribution is -2.12. The Morgan fingerprint density at radius 2 is 2.05 bits per heavy atom. The maximum Gasteiger partial charge on any atom is 0.257 e. The molecule has 0 atom stereocenters. The van der Waals surface area contributed by atoms with Gasteiger partial charge in [-0.1, -0.05) is 29.3 Å². The lowest BCUT2D eigenvalue weighted by Gasteiger charge is -2.07. The largest absolute Gasteiger partial charge is 0.382 e. The third-order valence-corrected chi connectivity index (χ3v) is 3.87. The van der Waals surface area contributed by atoms with Gasteiger partial charge in [0, 0.05) is 11.1 Å². The molecular weight excluding hydrogens is 311 g/mol. The van der Waals surface area contributed by atoms with Gasteiger partial charge in [0.1, 0.15) is 0 Å². The van der Waals surface area contributed by atoms with Gasteiger partial charge in [0.25, 0.3) is 5.91 Å². The Balaban J connectivity index is 1.92. The van der Waals surface area contributed by atoms with Gasteiger partial charge in [-0.25, -0.2) is 0 Å². The van der Waals surface area contributed by atoms with Gasteiger partial charge in [0.2, 0.25) is 0 Å². The molecule has 1 amide bonds. The van der Waals surface area contributed by atoms with E-state index in [0.29, 0.717) is 22.1 Å². The number of fused-ring (bicyclic) bond motifs is 1. The minimum absolute atomic E-state index is 0.223. The molecule has 0 saturated heterocycles. The molecule has 0 aliphatic rings. The van der Waals surface area contributed by atoms with Crippen LogP contribution in [-0.4, -0.2) is 16.1 Å². The molecule has 4 N–H and O–H groups in total. The molecule has 0 aliphatic carbocycles. The average Bonchev–Trinajstić information content (AvgIpc) is 2.83. The van der Waals surface area contributed by atoms with Gasteiger partial charge in [-0.2, -0.15) is 5.10 Å². The Bertz CT molecular complexity index is 844. The van der Waals surface area contributed by atoms with Crippen LogP contribution in [0.1, 0.15) is 10.4 Å². The fourth-order valence-electron chi connectivity index (χ4n) is 1.99. The number of carbonyl (C=O) groups excluding carboxylic acids is 1. The first-order chi connectivity index (χ1) is 10.1. The van der Waals surface area contributed by atoms with Crippen molar-refractivity contribution in [2.45, 2.75) is 0 Å². The average molecular weight is 321 g/mol. The molecule has 0 bridgehead atoms. The number of aromatic nitrogens is 2. The highest BCUT2D eigenvalue weighted by atomic mass is 35.5. The number of aromatic amines is 1. The number of hydrogen-bond acceptors (Lipinski definition) is 3. The highest BCUT2D eigenvalue weighted by Crippen LogP contribution is 2.27. The van der Waals surface area contributed by atoms with Crippen molar-refractivity contribution in [1.29, 1.82) is 0 Å². The number of H-pyrrole nitrogens is 1. The summed E-state index contributed by atoms with van der Waals surface area (Å²) in [4.78, 5) is 12.2. The van der Waals surface area contributed by atoms with Crippen LogP contribution >= 0.6 is 23.2 Å². The molecule has 0 unspecified atom stereocenters. The Morgan fingerprint density at radius 3 is 2.86 bits per heavy atom. The highest BCUT2D eigenvalue weighted by Gasteiger charge is 2.13. The molecule has 1 aromatic heterocycles. The lowest BCUT2D eigenvalue weighted by molar-refractivity contribution is 0.102. The monoisotopic (exact) mass is 320 g/mol. The molecule has 0 saturated carbocycles. The summed E-state index contributed by atoms with van der Waals surface area (Å²) in [6, 6.07) is 10.2. The van der Waals surface area contributed by atoms with E-state index in [1.807, 2.05) is 0 Å². The minimum Gasteiger partial charge on any atom is -0.382 e. The Kier molecular flexibility index (Phi) is 3.45. The second kappa shape index (κ2) is 5.27. The molecule has 0 radical (unpaired) electrons. The number of halogens is 2. The zero-order chi connectivity index (χ0) is 15.0. The van der Waals surface area contributed by atoms with Gasteiger partial charge in [-0.15, -0.1) is 0 Å². The normalized spacial score (nSPS) is 10.8. The molecule has 106 valence electrons. The lowest BCUT2D eigenvalue weighted by atomic mass is 10.2. The Labute approximate surface area is 130 Å². The summed E-state index contributed by atoms with van der Waals surface area (Å²) in [5, 5.41) is 10.7. The van der Waals surface area contributed by atoms with E-state index in [1.54, 1.807) is 36.4 Å². The Hall–Kier alpha value is -2.24. The molecule has 0 spiro atoms. The SMILES string of the molecule is Nc1n[nH]c2ccc(NC(=O)c3cccc(Cl)c3Cl)cc12. The maximum atomic E-state index is 12.2. The van der Waals surface area contributed by atoms with Crippen LogP contribution in [0.3, 0.4) is 0 Å². The van der Waals surface area contributed by atoms with Crippen LogP contribution in [0.5, 0.6) is 0 Å². The third kappa shape index (κ3) is 2.53. The molecule has 1 heterocycles. The van der Waals surface area contributed by atoms with E-state index in [-0.39, 0.29) is 10.9 Å². The van der Waals surface area contributed by atoms with Crippen LogP contribution in [0.4, 0.5) is 11.5 Å². The number of anilines is 2. The number of carbonyl (C=O) groups is 1. The number of nitrogens with zero attached hydrogens (tertiary/aromatic N) is 1. The summed E-state index contributed by atoms with van der Waals surface area (Å²) in [6.45, 7) is 0. The summed E-state index contributed by atoms with van der Waals surface area (Å²) in [6.07, 6.45) is 0. The number of nitrogens with two attached hydrogens (primary N) is 1. The summed E-state index contributed by atoms with van der Waals surface area (Å²) in [5.74, 6) is 0.0332. The van der Waals surface area contributed by atoms with E-state index in [1.165, 1.54) is 0 Å². The van der Waals surface area contributed by atoms with Crippen LogP contribution in [0, 0.1) is 0 Å². The van der Waals surface area contributed by atoms with Crippen LogP contribution < -0.4 is 11.1 Å². The van der Waals surface area contributed by atoms with Gasteiger partial charge in [-0.05, 0) is 30.3 Å². The fraction of sp³-hybridized carbons (Fsp3) is 0. The van der Waals surface area contributed by atoms with E-state index in [0.717, 1.165) is 10.9 Å². The second-order valence-electron chi connectivity index (χ2n) is 4.42. The summed E-state index contributed by atoms with van der Waals surface area (Å²) >= 11 is 11.9. The summed E-state index contributed by atoms with van der Waals surface area (Å²) in [7, 11) is 0. The second-order valence-corrected chi connectivity index (χ2v) is 5.21. The maximum absolute atomic E-state index is 12.2. The first-order valence-electron chi connectivity index (χ1n) is 6.05. The fourth-order valence-corrected chi connectivity index (χ4v) is 2.38. The van der Waals surface area contributed by atoms with Crippen molar-refractivity contribution in [3.05, 3.63) is 52.0 Å². The van der Waals surface area contributed by atoms with E-state index in [2.05, 4.69) is 15.5 Å². The number of benzene rings is 2. The molecular formula is C14H10Cl2N4O. The molecule has 0 fully saturated rings. The standard InChI is InChI=1S/C14H10Cl2N4O/c15-10-3-1-2-8(12(10)16)14(21)18-7-4-5-11-9(6-7)13(17)20-19-11/h1-6H,(H,18,21)(H3,17,19,20). The van der Waals surface area contributed by atoms with Crippen LogP contribution in [0.2, 0.25) is 10.0 Å². The topological polar surface area (TPSA) is 83.8 Å². The number of amides is 1.